The summed E-state index contributed by atoms with van der Waals surface area (Å²) in [5.41, 5.74) is 1.32. The van der Waals surface area contributed by atoms with Crippen LogP contribution in [0.2, 0.25) is 0 Å². The lowest BCUT2D eigenvalue weighted by atomic mass is 9.89. The van der Waals surface area contributed by atoms with Gasteiger partial charge in [0.25, 0.3) is 0 Å². The van der Waals surface area contributed by atoms with E-state index in [2.05, 4.69) is 5.32 Å². The topological polar surface area (TPSA) is 77.1 Å². The summed E-state index contributed by atoms with van der Waals surface area (Å²) in [4.78, 5) is 27.2. The van der Waals surface area contributed by atoms with Gasteiger partial charge in [0.05, 0.1) is 7.11 Å². The number of hydrogen-bond donors (Lipinski definition) is 1. The number of nitrogens with zero attached hydrogens (tertiary/aromatic N) is 1. The van der Waals surface area contributed by atoms with Crippen molar-refractivity contribution in [1.82, 2.24) is 4.90 Å². The van der Waals surface area contributed by atoms with Crippen LogP contribution >= 0.6 is 0 Å². The smallest absolute Gasteiger partial charge is 0.321 e. The lowest BCUT2D eigenvalue weighted by Gasteiger charge is -2.31. The number of piperidine rings is 1. The van der Waals surface area contributed by atoms with Gasteiger partial charge in [0.2, 0.25) is 0 Å². The largest absolute Gasteiger partial charge is 0.497 e. The Morgan fingerprint density at radius 1 is 1.03 bits per heavy atom. The van der Waals surface area contributed by atoms with Crippen LogP contribution < -0.4 is 19.5 Å². The third kappa shape index (κ3) is 4.29. The number of hydrogen-bond acceptors (Lipinski definition) is 5. The maximum atomic E-state index is 12.9. The molecule has 2 aromatic rings. The standard InChI is InChI=1S/C22H24N2O5/c1-27-18-4-2-3-17(14-18)23-22(26)24-9-7-15(8-10-24)21(25)16-5-6-19-20(13-16)29-12-11-28-19/h2-6,13-15H,7-12H2,1H3,(H,23,26). The zero-order chi connectivity index (χ0) is 20.2. The van der Waals surface area contributed by atoms with Gasteiger partial charge in [-0.25, -0.2) is 4.79 Å². The molecule has 1 saturated heterocycles. The average Bonchev–Trinajstić information content (AvgIpc) is 2.78. The molecule has 4 rings (SSSR count). The number of likely N-dealkylation sites (tertiary alicyclic amines) is 1. The predicted molar refractivity (Wildman–Crippen MR) is 108 cm³/mol. The summed E-state index contributed by atoms with van der Waals surface area (Å²) >= 11 is 0. The summed E-state index contributed by atoms with van der Waals surface area (Å²) < 4.78 is 16.3. The molecule has 152 valence electrons. The van der Waals surface area contributed by atoms with E-state index in [1.807, 2.05) is 18.2 Å². The van der Waals surface area contributed by atoms with Crippen LogP contribution in [0.15, 0.2) is 42.5 Å². The van der Waals surface area contributed by atoms with Crippen LogP contribution in [0, 0.1) is 5.92 Å². The summed E-state index contributed by atoms with van der Waals surface area (Å²) in [5.74, 6) is 1.98. The minimum atomic E-state index is -0.163. The van der Waals surface area contributed by atoms with Gasteiger partial charge in [-0.15, -0.1) is 0 Å². The Bertz CT molecular complexity index is 906. The number of Topliss-reactive ketones (excluding diaryl/α,β-unsaturated/α-hetero) is 1. The SMILES string of the molecule is COc1cccc(NC(=O)N2CCC(C(=O)c3ccc4c(c3)OCCO4)CC2)c1. The number of urea groups is 1. The van der Waals surface area contributed by atoms with Gasteiger partial charge in [-0.05, 0) is 43.2 Å². The van der Waals surface area contributed by atoms with E-state index in [-0.39, 0.29) is 17.7 Å². The minimum absolute atomic E-state index is 0.0924. The normalized spacial score (nSPS) is 16.2. The van der Waals surface area contributed by atoms with Crippen molar-refractivity contribution in [2.24, 2.45) is 5.92 Å². The van der Waals surface area contributed by atoms with Gasteiger partial charge in [-0.1, -0.05) is 6.07 Å². The van der Waals surface area contributed by atoms with Crippen molar-refractivity contribution < 1.29 is 23.8 Å². The first-order valence-corrected chi connectivity index (χ1v) is 9.78. The molecule has 2 heterocycles. The number of rotatable bonds is 4. The molecule has 2 aromatic carbocycles. The van der Waals surface area contributed by atoms with E-state index < -0.39 is 0 Å². The number of carbonyl (C=O) groups excluding carboxylic acids is 2. The van der Waals surface area contributed by atoms with Crippen molar-refractivity contribution in [3.8, 4) is 17.2 Å². The van der Waals surface area contributed by atoms with Crippen LogP contribution in [-0.2, 0) is 0 Å². The second-order valence-electron chi connectivity index (χ2n) is 7.15. The molecule has 7 nitrogen and oxygen atoms in total. The molecule has 0 spiro atoms. The number of carbonyl (C=O) groups is 2. The summed E-state index contributed by atoms with van der Waals surface area (Å²) in [7, 11) is 1.59. The molecule has 0 atom stereocenters. The van der Waals surface area contributed by atoms with Crippen molar-refractivity contribution >= 4 is 17.5 Å². The maximum absolute atomic E-state index is 12.9. The van der Waals surface area contributed by atoms with E-state index in [1.54, 1.807) is 36.3 Å². The van der Waals surface area contributed by atoms with Gasteiger partial charge < -0.3 is 24.4 Å². The number of ether oxygens (including phenoxy) is 3. The molecule has 0 unspecified atom stereocenters. The molecule has 2 aliphatic heterocycles. The third-order valence-electron chi connectivity index (χ3n) is 5.30. The van der Waals surface area contributed by atoms with Crippen LogP contribution in [0.4, 0.5) is 10.5 Å². The summed E-state index contributed by atoms with van der Waals surface area (Å²) in [6, 6.07) is 12.4. The van der Waals surface area contributed by atoms with Crippen molar-refractivity contribution in [3.05, 3.63) is 48.0 Å². The Hall–Kier alpha value is -3.22. The fraction of sp³-hybridized carbons (Fsp3) is 0.364. The molecule has 1 fully saturated rings. The number of methoxy groups -OCH3 is 1. The Labute approximate surface area is 169 Å². The van der Waals surface area contributed by atoms with Gasteiger partial charge >= 0.3 is 6.03 Å². The molecule has 29 heavy (non-hydrogen) atoms. The van der Waals surface area contributed by atoms with Crippen LogP contribution in [0.1, 0.15) is 23.2 Å². The lowest BCUT2D eigenvalue weighted by molar-refractivity contribution is 0.0858. The summed E-state index contributed by atoms with van der Waals surface area (Å²) in [6.07, 6.45) is 1.28. The minimum Gasteiger partial charge on any atom is -0.497 e. The fourth-order valence-electron chi connectivity index (χ4n) is 3.68. The zero-order valence-electron chi connectivity index (χ0n) is 16.3. The molecule has 0 saturated carbocycles. The molecular weight excluding hydrogens is 372 g/mol. The monoisotopic (exact) mass is 396 g/mol. The van der Waals surface area contributed by atoms with Gasteiger partial charge in [0, 0.05) is 36.3 Å². The van der Waals surface area contributed by atoms with Crippen molar-refractivity contribution in [1.29, 1.82) is 0 Å². The van der Waals surface area contributed by atoms with E-state index in [9.17, 15) is 9.59 Å². The van der Waals surface area contributed by atoms with Gasteiger partial charge in [0.1, 0.15) is 19.0 Å². The van der Waals surface area contributed by atoms with Crippen LogP contribution in [0.5, 0.6) is 17.2 Å². The quantitative estimate of drug-likeness (QED) is 0.799. The van der Waals surface area contributed by atoms with Gasteiger partial charge in [-0.2, -0.15) is 0 Å². The highest BCUT2D eigenvalue weighted by Crippen LogP contribution is 2.32. The second kappa shape index (κ2) is 8.43. The average molecular weight is 396 g/mol. The van der Waals surface area contributed by atoms with Gasteiger partial charge in [0.15, 0.2) is 17.3 Å². The van der Waals surface area contributed by atoms with E-state index in [0.29, 0.717) is 67.6 Å². The zero-order valence-corrected chi connectivity index (χ0v) is 16.3. The molecule has 7 heteroatoms. The molecule has 1 N–H and O–H groups in total. The van der Waals surface area contributed by atoms with Crippen molar-refractivity contribution in [2.45, 2.75) is 12.8 Å². The van der Waals surface area contributed by atoms with E-state index in [4.69, 9.17) is 14.2 Å². The van der Waals surface area contributed by atoms with E-state index >= 15 is 0 Å². The third-order valence-corrected chi connectivity index (χ3v) is 5.30. The van der Waals surface area contributed by atoms with Crippen molar-refractivity contribution in [2.75, 3.05) is 38.7 Å². The lowest BCUT2D eigenvalue weighted by Crippen LogP contribution is -2.42. The van der Waals surface area contributed by atoms with E-state index in [0.717, 1.165) is 0 Å². The highest BCUT2D eigenvalue weighted by Gasteiger charge is 2.29. The molecule has 2 amide bonds. The fourth-order valence-corrected chi connectivity index (χ4v) is 3.68. The van der Waals surface area contributed by atoms with Crippen LogP contribution in [0.3, 0.4) is 0 Å². The molecule has 0 radical (unpaired) electrons. The number of benzene rings is 2. The molecule has 2 aliphatic rings. The first kappa shape index (κ1) is 19.1. The van der Waals surface area contributed by atoms with E-state index in [1.165, 1.54) is 0 Å². The first-order chi connectivity index (χ1) is 14.1. The van der Waals surface area contributed by atoms with Gasteiger partial charge in [-0.3, -0.25) is 4.79 Å². The Morgan fingerprint density at radius 2 is 1.79 bits per heavy atom. The van der Waals surface area contributed by atoms with Crippen LogP contribution in [-0.4, -0.2) is 50.1 Å². The molecular formula is C22H24N2O5. The summed E-state index contributed by atoms with van der Waals surface area (Å²) in [6.45, 7) is 2.09. The first-order valence-electron chi connectivity index (χ1n) is 9.78. The van der Waals surface area contributed by atoms with Crippen molar-refractivity contribution in [3.63, 3.8) is 0 Å². The Morgan fingerprint density at radius 3 is 2.55 bits per heavy atom. The predicted octanol–water partition coefficient (Wildman–Crippen LogP) is 3.59. The Balaban J connectivity index is 1.34. The van der Waals surface area contributed by atoms with Crippen LogP contribution in [0.25, 0.3) is 0 Å². The number of nitrogens with one attached hydrogen (secondary N) is 1. The number of fused-ring (bicyclic) bond motifs is 1. The number of ketones is 1. The summed E-state index contributed by atoms with van der Waals surface area (Å²) in [5, 5.41) is 2.89. The molecule has 0 bridgehead atoms. The Kier molecular flexibility index (Phi) is 5.55. The number of anilines is 1. The second-order valence-corrected chi connectivity index (χ2v) is 7.15. The molecule has 0 aromatic heterocycles. The number of amides is 2. The highest BCUT2D eigenvalue weighted by atomic mass is 16.6. The maximum Gasteiger partial charge on any atom is 0.321 e. The molecule has 0 aliphatic carbocycles. The highest BCUT2D eigenvalue weighted by molar-refractivity contribution is 5.98.